The van der Waals surface area contributed by atoms with Gasteiger partial charge in [0.1, 0.15) is 0 Å². The number of hydrogen-bond donors (Lipinski definition) is 0. The monoisotopic (exact) mass is 365 g/mol. The van der Waals surface area contributed by atoms with Crippen LogP contribution in [0.2, 0.25) is 0 Å². The fourth-order valence-electron chi connectivity index (χ4n) is 2.81. The van der Waals surface area contributed by atoms with Crippen molar-refractivity contribution in [2.24, 2.45) is 0 Å². The second-order valence-electron chi connectivity index (χ2n) is 6.09. The number of carbonyl (C=O) groups is 1. The van der Waals surface area contributed by atoms with E-state index in [0.717, 1.165) is 35.1 Å². The molecule has 0 bridgehead atoms. The van der Waals surface area contributed by atoms with Crippen LogP contribution in [-0.2, 0) is 13.0 Å². The molecule has 0 amide bonds. The van der Waals surface area contributed by atoms with Gasteiger partial charge in [0.2, 0.25) is 0 Å². The Labute approximate surface area is 158 Å². The van der Waals surface area contributed by atoms with Gasteiger partial charge in [0, 0.05) is 17.7 Å². The van der Waals surface area contributed by atoms with Crippen LogP contribution in [0.4, 0.5) is 0 Å². The molecule has 4 nitrogen and oxygen atoms in total. The van der Waals surface area contributed by atoms with Crippen LogP contribution in [0, 0.1) is 0 Å². The predicted molar refractivity (Wildman–Crippen MR) is 107 cm³/mol. The normalized spacial score (nSPS) is 12.1. The summed E-state index contributed by atoms with van der Waals surface area (Å²) >= 11 is 1.46. The first-order valence-corrected chi connectivity index (χ1v) is 9.80. The van der Waals surface area contributed by atoms with E-state index in [1.54, 1.807) is 0 Å². The molecule has 0 aliphatic rings. The summed E-state index contributed by atoms with van der Waals surface area (Å²) in [4.78, 5) is 12.7. The van der Waals surface area contributed by atoms with Gasteiger partial charge >= 0.3 is 0 Å². The number of carbonyl (C=O) groups excluding carboxylic acids is 1. The van der Waals surface area contributed by atoms with Crippen molar-refractivity contribution in [3.63, 3.8) is 0 Å². The Morgan fingerprint density at radius 3 is 2.35 bits per heavy atom. The molecule has 0 N–H and O–H groups in total. The molecule has 0 spiro atoms. The van der Waals surface area contributed by atoms with Gasteiger partial charge in [-0.25, -0.2) is 0 Å². The van der Waals surface area contributed by atoms with Crippen LogP contribution in [0.25, 0.3) is 11.4 Å². The number of benzene rings is 2. The van der Waals surface area contributed by atoms with Crippen molar-refractivity contribution < 1.29 is 4.79 Å². The first-order chi connectivity index (χ1) is 12.6. The van der Waals surface area contributed by atoms with E-state index in [4.69, 9.17) is 0 Å². The highest BCUT2D eigenvalue weighted by molar-refractivity contribution is 8.00. The maximum absolute atomic E-state index is 12.7. The zero-order valence-electron chi connectivity index (χ0n) is 15.3. The van der Waals surface area contributed by atoms with E-state index in [0.29, 0.717) is 0 Å². The minimum atomic E-state index is -0.222. The predicted octanol–water partition coefficient (Wildman–Crippen LogP) is 4.89. The summed E-state index contributed by atoms with van der Waals surface area (Å²) in [7, 11) is 0. The van der Waals surface area contributed by atoms with Gasteiger partial charge in [-0.3, -0.25) is 4.79 Å². The minimum absolute atomic E-state index is 0.115. The number of nitrogens with zero attached hydrogens (tertiary/aromatic N) is 3. The highest BCUT2D eigenvalue weighted by atomic mass is 32.2. The van der Waals surface area contributed by atoms with Crippen molar-refractivity contribution in [3.8, 4) is 11.4 Å². The van der Waals surface area contributed by atoms with Crippen LogP contribution >= 0.6 is 11.8 Å². The van der Waals surface area contributed by atoms with Crippen molar-refractivity contribution in [3.05, 3.63) is 65.7 Å². The molecule has 0 fully saturated rings. The summed E-state index contributed by atoms with van der Waals surface area (Å²) in [6.07, 6.45) is 0.973. The van der Waals surface area contributed by atoms with Gasteiger partial charge in [-0.1, -0.05) is 73.3 Å². The number of hydrogen-bond acceptors (Lipinski definition) is 4. The largest absolute Gasteiger partial charge is 0.302 e. The molecule has 0 saturated carbocycles. The van der Waals surface area contributed by atoms with Crippen LogP contribution in [0.15, 0.2) is 59.8 Å². The molecule has 1 atom stereocenters. The zero-order chi connectivity index (χ0) is 18.5. The molecular formula is C21H23N3OS. The van der Waals surface area contributed by atoms with Gasteiger partial charge in [0.05, 0.1) is 5.25 Å². The lowest BCUT2D eigenvalue weighted by atomic mass is 10.1. The number of aromatic nitrogens is 3. The molecule has 0 saturated heterocycles. The van der Waals surface area contributed by atoms with Gasteiger partial charge in [0.15, 0.2) is 16.8 Å². The topological polar surface area (TPSA) is 47.8 Å². The van der Waals surface area contributed by atoms with Crippen LogP contribution < -0.4 is 0 Å². The Bertz CT molecular complexity index is 872. The highest BCUT2D eigenvalue weighted by Gasteiger charge is 2.21. The standard InChI is InChI=1S/C21H23N3OS/c1-4-16-11-13-17(14-12-16)19(25)15(3)26-21-23-22-20(24(21)5-2)18-9-7-6-8-10-18/h6-15H,4-5H2,1-3H3/t15-/m0/s1. The molecule has 134 valence electrons. The Hall–Kier alpha value is -2.40. The molecule has 0 radical (unpaired) electrons. The smallest absolute Gasteiger partial charge is 0.192 e. The first-order valence-electron chi connectivity index (χ1n) is 8.92. The third kappa shape index (κ3) is 3.88. The van der Waals surface area contributed by atoms with Crippen LogP contribution in [0.3, 0.4) is 0 Å². The van der Waals surface area contributed by atoms with Crippen molar-refractivity contribution in [1.82, 2.24) is 14.8 Å². The zero-order valence-corrected chi connectivity index (χ0v) is 16.2. The second kappa shape index (κ2) is 8.32. The molecule has 26 heavy (non-hydrogen) atoms. The molecule has 1 aromatic heterocycles. The summed E-state index contributed by atoms with van der Waals surface area (Å²) in [5, 5.41) is 9.23. The molecule has 1 heterocycles. The number of Topliss-reactive ketones (excluding diaryl/α,β-unsaturated/α-hetero) is 1. The number of rotatable bonds is 7. The molecule has 3 rings (SSSR count). The van der Waals surface area contributed by atoms with Gasteiger partial charge in [-0.15, -0.1) is 10.2 Å². The number of thioether (sulfide) groups is 1. The summed E-state index contributed by atoms with van der Waals surface area (Å²) in [6, 6.07) is 17.9. The summed E-state index contributed by atoms with van der Waals surface area (Å²) in [5.74, 6) is 0.951. The number of ketones is 1. The van der Waals surface area contributed by atoms with E-state index in [9.17, 15) is 4.79 Å². The fraction of sp³-hybridized carbons (Fsp3) is 0.286. The van der Waals surface area contributed by atoms with Crippen LogP contribution in [-0.4, -0.2) is 25.8 Å². The van der Waals surface area contributed by atoms with Crippen molar-refractivity contribution in [2.75, 3.05) is 0 Å². The number of aryl methyl sites for hydroxylation is 1. The van der Waals surface area contributed by atoms with Crippen molar-refractivity contribution >= 4 is 17.5 Å². The molecule has 3 aromatic rings. The molecule has 2 aromatic carbocycles. The average Bonchev–Trinajstić information content (AvgIpc) is 3.10. The Morgan fingerprint density at radius 2 is 1.73 bits per heavy atom. The van der Waals surface area contributed by atoms with Crippen LogP contribution in [0.1, 0.15) is 36.7 Å². The summed E-state index contributed by atoms with van der Waals surface area (Å²) in [5.41, 5.74) is 3.01. The third-order valence-corrected chi connectivity index (χ3v) is 5.44. The average molecular weight is 366 g/mol. The Kier molecular flexibility index (Phi) is 5.89. The molecule has 0 aliphatic heterocycles. The summed E-state index contributed by atoms with van der Waals surface area (Å²) < 4.78 is 2.06. The molecule has 0 aliphatic carbocycles. The first kappa shape index (κ1) is 18.4. The Morgan fingerprint density at radius 1 is 1.04 bits per heavy atom. The van der Waals surface area contributed by atoms with E-state index in [-0.39, 0.29) is 11.0 Å². The lowest BCUT2D eigenvalue weighted by Gasteiger charge is -2.12. The van der Waals surface area contributed by atoms with Crippen LogP contribution in [0.5, 0.6) is 0 Å². The molecule has 0 unspecified atom stereocenters. The second-order valence-corrected chi connectivity index (χ2v) is 7.40. The van der Waals surface area contributed by atoms with E-state index < -0.39 is 0 Å². The van der Waals surface area contributed by atoms with E-state index in [1.165, 1.54) is 17.3 Å². The highest BCUT2D eigenvalue weighted by Crippen LogP contribution is 2.28. The van der Waals surface area contributed by atoms with Gasteiger partial charge in [-0.2, -0.15) is 0 Å². The fourth-order valence-corrected chi connectivity index (χ4v) is 3.80. The van der Waals surface area contributed by atoms with Gasteiger partial charge < -0.3 is 4.57 Å². The van der Waals surface area contributed by atoms with Gasteiger partial charge in [-0.05, 0) is 25.8 Å². The maximum Gasteiger partial charge on any atom is 0.192 e. The van der Waals surface area contributed by atoms with E-state index in [1.807, 2.05) is 61.5 Å². The molecule has 5 heteroatoms. The summed E-state index contributed by atoms with van der Waals surface area (Å²) in [6.45, 7) is 6.86. The quantitative estimate of drug-likeness (QED) is 0.442. The van der Waals surface area contributed by atoms with Crippen molar-refractivity contribution in [1.29, 1.82) is 0 Å². The maximum atomic E-state index is 12.7. The lowest BCUT2D eigenvalue weighted by molar-refractivity contribution is 0.0994. The Balaban J connectivity index is 1.79. The minimum Gasteiger partial charge on any atom is -0.302 e. The van der Waals surface area contributed by atoms with Gasteiger partial charge in [0.25, 0.3) is 0 Å². The lowest BCUT2D eigenvalue weighted by Crippen LogP contribution is -2.14. The van der Waals surface area contributed by atoms with E-state index >= 15 is 0 Å². The third-order valence-electron chi connectivity index (χ3n) is 4.36. The molecular weight excluding hydrogens is 342 g/mol. The van der Waals surface area contributed by atoms with E-state index in [2.05, 4.69) is 28.6 Å². The van der Waals surface area contributed by atoms with Crippen molar-refractivity contribution in [2.45, 2.75) is 44.1 Å². The SMILES string of the molecule is CCc1ccc(C(=O)[C@H](C)Sc2nnc(-c3ccccc3)n2CC)cc1.